The molecule has 0 aliphatic heterocycles. The molecule has 0 N–H and O–H groups in total. The summed E-state index contributed by atoms with van der Waals surface area (Å²) >= 11 is 0. The maximum atomic E-state index is 12.0. The Morgan fingerprint density at radius 1 is 0.583 bits per heavy atom. The van der Waals surface area contributed by atoms with Gasteiger partial charge in [0.2, 0.25) is 0 Å². The molecular formula is C28H56O8. The summed E-state index contributed by atoms with van der Waals surface area (Å²) in [6.07, 6.45) is 2.39. The van der Waals surface area contributed by atoms with Crippen molar-refractivity contribution < 1.29 is 38.0 Å². The molecule has 0 saturated carbocycles. The Labute approximate surface area is 221 Å². The van der Waals surface area contributed by atoms with Gasteiger partial charge in [0.25, 0.3) is 0 Å². The van der Waals surface area contributed by atoms with Gasteiger partial charge in [-0.3, -0.25) is 9.59 Å². The van der Waals surface area contributed by atoms with E-state index in [1.54, 1.807) is 28.4 Å². The quantitative estimate of drug-likeness (QED) is 0.204. The molecular weight excluding hydrogens is 464 g/mol. The first-order valence-corrected chi connectivity index (χ1v) is 13.1. The van der Waals surface area contributed by atoms with Crippen LogP contribution in [0.15, 0.2) is 0 Å². The first-order valence-electron chi connectivity index (χ1n) is 13.1. The van der Waals surface area contributed by atoms with Crippen LogP contribution in [0, 0.1) is 23.7 Å². The van der Waals surface area contributed by atoms with Crippen molar-refractivity contribution in [1.29, 1.82) is 0 Å². The van der Waals surface area contributed by atoms with Gasteiger partial charge in [-0.05, 0) is 67.2 Å². The lowest BCUT2D eigenvalue weighted by atomic mass is 9.93. The fourth-order valence-electron chi connectivity index (χ4n) is 3.87. The Hall–Kier alpha value is -1.22. The first kappa shape index (κ1) is 36.9. The molecule has 0 bridgehead atoms. The molecule has 216 valence electrons. The molecule has 0 aromatic carbocycles. The van der Waals surface area contributed by atoms with Gasteiger partial charge in [-0.15, -0.1) is 0 Å². The topological polar surface area (TPSA) is 89.5 Å². The lowest BCUT2D eigenvalue weighted by molar-refractivity contribution is -0.166. The van der Waals surface area contributed by atoms with Crippen LogP contribution in [0.4, 0.5) is 0 Å². The van der Waals surface area contributed by atoms with Crippen LogP contribution in [0.3, 0.4) is 0 Å². The number of carbonyl (C=O) groups excluding carboxylic acids is 2. The van der Waals surface area contributed by atoms with E-state index in [0.717, 1.165) is 12.8 Å². The van der Waals surface area contributed by atoms with E-state index in [2.05, 4.69) is 0 Å². The van der Waals surface area contributed by atoms with E-state index in [-0.39, 0.29) is 48.2 Å². The van der Waals surface area contributed by atoms with E-state index in [1.807, 2.05) is 69.2 Å². The van der Waals surface area contributed by atoms with Crippen molar-refractivity contribution in [3.8, 4) is 0 Å². The number of methoxy groups -OCH3 is 4. The molecule has 0 amide bonds. The Morgan fingerprint density at radius 3 is 1.00 bits per heavy atom. The second-order valence-electron chi connectivity index (χ2n) is 11.4. The summed E-state index contributed by atoms with van der Waals surface area (Å²) in [5, 5.41) is 0. The average molecular weight is 521 g/mol. The zero-order valence-electron chi connectivity index (χ0n) is 25.6. The van der Waals surface area contributed by atoms with Gasteiger partial charge in [0.05, 0.1) is 11.8 Å². The number of rotatable bonds is 14. The molecule has 0 radical (unpaired) electrons. The average Bonchev–Trinajstić information content (AvgIpc) is 2.75. The normalized spacial score (nSPS) is 15.6. The lowest BCUT2D eigenvalue weighted by Crippen LogP contribution is -2.32. The molecule has 36 heavy (non-hydrogen) atoms. The molecule has 0 aromatic rings. The van der Waals surface area contributed by atoms with Gasteiger partial charge in [-0.1, -0.05) is 27.7 Å². The third-order valence-corrected chi connectivity index (χ3v) is 5.64. The van der Waals surface area contributed by atoms with Crippen molar-refractivity contribution in [2.45, 2.75) is 119 Å². The van der Waals surface area contributed by atoms with E-state index in [9.17, 15) is 9.59 Å². The van der Waals surface area contributed by atoms with Crippen molar-refractivity contribution in [2.75, 3.05) is 28.4 Å². The summed E-state index contributed by atoms with van der Waals surface area (Å²) in [6.45, 7) is 19.3. The van der Waals surface area contributed by atoms with Crippen LogP contribution in [0.1, 0.15) is 94.9 Å². The molecule has 0 aliphatic rings. The second kappa shape index (κ2) is 18.1. The predicted molar refractivity (Wildman–Crippen MR) is 142 cm³/mol. The van der Waals surface area contributed by atoms with Crippen molar-refractivity contribution in [1.82, 2.24) is 0 Å². The summed E-state index contributed by atoms with van der Waals surface area (Å²) in [6, 6.07) is 0. The summed E-state index contributed by atoms with van der Waals surface area (Å²) in [5.41, 5.74) is -0.870. The third kappa shape index (κ3) is 16.5. The lowest BCUT2D eigenvalue weighted by Gasteiger charge is -2.27. The number of hydrogen-bond donors (Lipinski definition) is 0. The van der Waals surface area contributed by atoms with Gasteiger partial charge < -0.3 is 28.4 Å². The SMILES string of the molecule is CCC(CC(C)C(OC)OC)C(=O)OC(C)(C)C.CCC(CC(C)C(OC)OC)C(=O)OC(C)(C)C. The van der Waals surface area contributed by atoms with Gasteiger partial charge in [-0.25, -0.2) is 0 Å². The van der Waals surface area contributed by atoms with Gasteiger partial charge >= 0.3 is 11.9 Å². The highest BCUT2D eigenvalue weighted by Crippen LogP contribution is 2.24. The molecule has 0 spiro atoms. The van der Waals surface area contributed by atoms with Crippen LogP contribution in [0.2, 0.25) is 0 Å². The third-order valence-electron chi connectivity index (χ3n) is 5.64. The van der Waals surface area contributed by atoms with E-state index >= 15 is 0 Å². The van der Waals surface area contributed by atoms with Crippen molar-refractivity contribution in [3.63, 3.8) is 0 Å². The Morgan fingerprint density at radius 2 is 0.833 bits per heavy atom. The van der Waals surface area contributed by atoms with E-state index in [0.29, 0.717) is 12.8 Å². The standard InChI is InChI=1S/2C14H28O4/c2*1-8-11(12(15)18-14(3,4)5)9-10(2)13(16-6)17-7/h2*10-11,13H,8-9H2,1-7H3. The highest BCUT2D eigenvalue weighted by molar-refractivity contribution is 5.73. The summed E-state index contributed by atoms with van der Waals surface area (Å²) in [4.78, 5) is 24.0. The summed E-state index contributed by atoms with van der Waals surface area (Å²) < 4.78 is 31.7. The van der Waals surface area contributed by atoms with Crippen LogP contribution in [0.25, 0.3) is 0 Å². The monoisotopic (exact) mass is 520 g/mol. The van der Waals surface area contributed by atoms with Gasteiger partial charge in [0.1, 0.15) is 11.2 Å². The molecule has 0 aromatic heterocycles. The van der Waals surface area contributed by atoms with Crippen LogP contribution in [-0.2, 0) is 38.0 Å². The van der Waals surface area contributed by atoms with Crippen LogP contribution in [0.5, 0.6) is 0 Å². The molecule has 0 rings (SSSR count). The molecule has 0 aliphatic carbocycles. The molecule has 4 unspecified atom stereocenters. The fraction of sp³-hybridized carbons (Fsp3) is 0.929. The van der Waals surface area contributed by atoms with Crippen LogP contribution in [-0.4, -0.2) is 64.2 Å². The molecule has 0 heterocycles. The number of ether oxygens (including phenoxy) is 6. The smallest absolute Gasteiger partial charge is 0.309 e. The molecule has 8 nitrogen and oxygen atoms in total. The van der Waals surface area contributed by atoms with Crippen LogP contribution >= 0.6 is 0 Å². The number of carbonyl (C=O) groups is 2. The maximum absolute atomic E-state index is 12.0. The minimum atomic E-state index is -0.435. The van der Waals surface area contributed by atoms with Crippen molar-refractivity contribution in [2.24, 2.45) is 23.7 Å². The highest BCUT2D eigenvalue weighted by atomic mass is 16.7. The van der Waals surface area contributed by atoms with Crippen molar-refractivity contribution >= 4 is 11.9 Å². The molecule has 0 fully saturated rings. The van der Waals surface area contributed by atoms with E-state index < -0.39 is 11.2 Å². The molecule has 8 heteroatoms. The first-order chi connectivity index (χ1) is 16.5. The van der Waals surface area contributed by atoms with Crippen LogP contribution < -0.4 is 0 Å². The predicted octanol–water partition coefficient (Wildman–Crippen LogP) is 6.00. The summed E-state index contributed by atoms with van der Waals surface area (Å²) in [7, 11) is 6.44. The molecule has 0 saturated heterocycles. The van der Waals surface area contributed by atoms with Gasteiger partial charge in [0, 0.05) is 40.3 Å². The fourth-order valence-corrected chi connectivity index (χ4v) is 3.87. The number of hydrogen-bond acceptors (Lipinski definition) is 8. The zero-order chi connectivity index (χ0) is 28.7. The maximum Gasteiger partial charge on any atom is 0.309 e. The van der Waals surface area contributed by atoms with Gasteiger partial charge in [-0.2, -0.15) is 0 Å². The largest absolute Gasteiger partial charge is 0.460 e. The van der Waals surface area contributed by atoms with E-state index in [1.165, 1.54) is 0 Å². The minimum Gasteiger partial charge on any atom is -0.460 e. The minimum absolute atomic E-state index is 0.105. The Bertz CT molecular complexity index is 533. The van der Waals surface area contributed by atoms with Gasteiger partial charge in [0.15, 0.2) is 12.6 Å². The Balaban J connectivity index is 0. The van der Waals surface area contributed by atoms with Crippen molar-refractivity contribution in [3.05, 3.63) is 0 Å². The summed E-state index contributed by atoms with van der Waals surface area (Å²) in [5.74, 6) is -0.181. The Kier molecular flexibility index (Phi) is 18.6. The second-order valence-corrected chi connectivity index (χ2v) is 11.4. The molecule has 4 atom stereocenters. The van der Waals surface area contributed by atoms with E-state index in [4.69, 9.17) is 28.4 Å². The highest BCUT2D eigenvalue weighted by Gasteiger charge is 2.29. The zero-order valence-corrected chi connectivity index (χ0v) is 25.6. The number of esters is 2.